The van der Waals surface area contributed by atoms with Crippen LogP contribution >= 0.6 is 0 Å². The second kappa shape index (κ2) is 8.72. The highest BCUT2D eigenvalue weighted by atomic mass is 16.6. The van der Waals surface area contributed by atoms with E-state index in [1.807, 2.05) is 53.1 Å². The van der Waals surface area contributed by atoms with Crippen molar-refractivity contribution >= 4 is 23.3 Å². The first kappa shape index (κ1) is 20.3. The van der Waals surface area contributed by atoms with Gasteiger partial charge in [-0.3, -0.25) is 9.20 Å². The number of nitrogens with one attached hydrogen (secondary N) is 2. The standard InChI is InChI=1S/C21H25N5O3/c1-21(2,3)29-20(28)22-12-11-19(27)23-16-9-7-15(8-10-16)14-18-25-24-17-6-4-5-13-26(17)18/h4-10,13H,11-12,14H2,1-3H3,(H,22,28)(H,23,27). The Morgan fingerprint density at radius 1 is 1.07 bits per heavy atom. The molecule has 0 spiro atoms. The summed E-state index contributed by atoms with van der Waals surface area (Å²) in [6.45, 7) is 5.57. The summed E-state index contributed by atoms with van der Waals surface area (Å²) in [5.74, 6) is 0.669. The number of carbonyl (C=O) groups is 2. The fourth-order valence-electron chi connectivity index (χ4n) is 2.72. The number of hydrogen-bond acceptors (Lipinski definition) is 5. The van der Waals surface area contributed by atoms with Crippen LogP contribution in [0.1, 0.15) is 38.6 Å². The Morgan fingerprint density at radius 2 is 1.83 bits per heavy atom. The van der Waals surface area contributed by atoms with Crippen LogP contribution in [0.5, 0.6) is 0 Å². The topological polar surface area (TPSA) is 97.6 Å². The number of fused-ring (bicyclic) bond motifs is 1. The SMILES string of the molecule is CC(C)(C)OC(=O)NCCC(=O)Nc1ccc(Cc2nnc3ccccn23)cc1. The third kappa shape index (κ3) is 6.03. The van der Waals surface area contributed by atoms with Crippen LogP contribution in [0.15, 0.2) is 48.7 Å². The molecule has 0 aliphatic carbocycles. The second-order valence-corrected chi connectivity index (χ2v) is 7.65. The molecule has 0 aliphatic heterocycles. The van der Waals surface area contributed by atoms with E-state index in [2.05, 4.69) is 20.8 Å². The lowest BCUT2D eigenvalue weighted by molar-refractivity contribution is -0.116. The molecule has 0 unspecified atom stereocenters. The molecule has 0 atom stereocenters. The number of amides is 2. The van der Waals surface area contributed by atoms with Crippen molar-refractivity contribution in [2.24, 2.45) is 0 Å². The highest BCUT2D eigenvalue weighted by Gasteiger charge is 2.16. The van der Waals surface area contributed by atoms with E-state index in [1.54, 1.807) is 20.8 Å². The second-order valence-electron chi connectivity index (χ2n) is 7.65. The van der Waals surface area contributed by atoms with Gasteiger partial charge in [0.2, 0.25) is 5.91 Å². The largest absolute Gasteiger partial charge is 0.444 e. The summed E-state index contributed by atoms with van der Waals surface area (Å²) in [4.78, 5) is 23.6. The minimum atomic E-state index is -0.563. The molecule has 0 fully saturated rings. The molecule has 29 heavy (non-hydrogen) atoms. The molecule has 0 saturated heterocycles. The number of pyridine rings is 1. The Kier molecular flexibility index (Phi) is 6.11. The van der Waals surface area contributed by atoms with Crippen LogP contribution in [-0.2, 0) is 16.0 Å². The van der Waals surface area contributed by atoms with Crippen molar-refractivity contribution in [2.75, 3.05) is 11.9 Å². The zero-order valence-corrected chi connectivity index (χ0v) is 16.8. The molecular formula is C21H25N5O3. The van der Waals surface area contributed by atoms with Crippen LogP contribution in [0.3, 0.4) is 0 Å². The summed E-state index contributed by atoms with van der Waals surface area (Å²) < 4.78 is 7.08. The molecule has 3 aromatic rings. The third-order valence-electron chi connectivity index (χ3n) is 4.00. The predicted octanol–water partition coefficient (Wildman–Crippen LogP) is 3.17. The smallest absolute Gasteiger partial charge is 0.407 e. The summed E-state index contributed by atoms with van der Waals surface area (Å²) in [5, 5.41) is 13.8. The van der Waals surface area contributed by atoms with Crippen LogP contribution in [-0.4, -0.2) is 38.7 Å². The van der Waals surface area contributed by atoms with E-state index in [9.17, 15) is 9.59 Å². The molecule has 3 rings (SSSR count). The number of aromatic nitrogens is 3. The van der Waals surface area contributed by atoms with Gasteiger partial charge in [0.15, 0.2) is 5.65 Å². The Bertz CT molecular complexity index is 989. The van der Waals surface area contributed by atoms with E-state index in [1.165, 1.54) is 0 Å². The van der Waals surface area contributed by atoms with Gasteiger partial charge in [-0.05, 0) is 50.6 Å². The van der Waals surface area contributed by atoms with E-state index in [0.717, 1.165) is 17.0 Å². The fourth-order valence-corrected chi connectivity index (χ4v) is 2.72. The number of ether oxygens (including phenoxy) is 1. The van der Waals surface area contributed by atoms with Crippen molar-refractivity contribution in [3.05, 3.63) is 60.0 Å². The molecule has 152 valence electrons. The third-order valence-corrected chi connectivity index (χ3v) is 4.00. The maximum atomic E-state index is 12.0. The van der Waals surface area contributed by atoms with Gasteiger partial charge in [-0.1, -0.05) is 18.2 Å². The van der Waals surface area contributed by atoms with Gasteiger partial charge in [-0.25, -0.2) is 4.79 Å². The highest BCUT2D eigenvalue weighted by Crippen LogP contribution is 2.14. The number of rotatable bonds is 6. The molecule has 0 radical (unpaired) electrons. The maximum absolute atomic E-state index is 12.0. The summed E-state index contributed by atoms with van der Waals surface area (Å²) in [6.07, 6.45) is 2.20. The normalized spacial score (nSPS) is 11.3. The van der Waals surface area contributed by atoms with Gasteiger partial charge in [0.1, 0.15) is 11.4 Å². The maximum Gasteiger partial charge on any atom is 0.407 e. The molecule has 2 heterocycles. The molecular weight excluding hydrogens is 370 g/mol. The van der Waals surface area contributed by atoms with Crippen LogP contribution < -0.4 is 10.6 Å². The summed E-state index contributed by atoms with van der Waals surface area (Å²) in [6, 6.07) is 13.4. The minimum Gasteiger partial charge on any atom is -0.444 e. The molecule has 2 N–H and O–H groups in total. The molecule has 0 saturated carbocycles. The lowest BCUT2D eigenvalue weighted by Crippen LogP contribution is -2.34. The lowest BCUT2D eigenvalue weighted by atomic mass is 10.1. The van der Waals surface area contributed by atoms with E-state index >= 15 is 0 Å². The van der Waals surface area contributed by atoms with Gasteiger partial charge >= 0.3 is 6.09 Å². The molecule has 2 aromatic heterocycles. The first-order chi connectivity index (χ1) is 13.8. The van der Waals surface area contributed by atoms with Crippen molar-refractivity contribution < 1.29 is 14.3 Å². The Balaban J connectivity index is 1.47. The molecule has 8 nitrogen and oxygen atoms in total. The molecule has 0 bridgehead atoms. The van der Waals surface area contributed by atoms with Crippen molar-refractivity contribution in [3.63, 3.8) is 0 Å². The van der Waals surface area contributed by atoms with E-state index < -0.39 is 11.7 Å². The van der Waals surface area contributed by atoms with E-state index in [-0.39, 0.29) is 18.9 Å². The molecule has 0 aliphatic rings. The van der Waals surface area contributed by atoms with E-state index in [0.29, 0.717) is 12.1 Å². The highest BCUT2D eigenvalue weighted by molar-refractivity contribution is 5.91. The Hall–Kier alpha value is -3.42. The number of anilines is 1. The first-order valence-corrected chi connectivity index (χ1v) is 9.44. The van der Waals surface area contributed by atoms with Crippen molar-refractivity contribution in [1.29, 1.82) is 0 Å². The molecule has 1 aromatic carbocycles. The fraction of sp³-hybridized carbons (Fsp3) is 0.333. The van der Waals surface area contributed by atoms with Crippen molar-refractivity contribution in [3.8, 4) is 0 Å². The average Bonchev–Trinajstić information content (AvgIpc) is 3.05. The van der Waals surface area contributed by atoms with Crippen molar-refractivity contribution in [1.82, 2.24) is 19.9 Å². The van der Waals surface area contributed by atoms with Crippen LogP contribution in [0.25, 0.3) is 5.65 Å². The Morgan fingerprint density at radius 3 is 2.55 bits per heavy atom. The van der Waals surface area contributed by atoms with Gasteiger partial charge in [0.25, 0.3) is 0 Å². The lowest BCUT2D eigenvalue weighted by Gasteiger charge is -2.19. The Labute approximate surface area is 169 Å². The molecule has 8 heteroatoms. The zero-order valence-electron chi connectivity index (χ0n) is 16.8. The van der Waals surface area contributed by atoms with Gasteiger partial charge in [0.05, 0.1) is 0 Å². The van der Waals surface area contributed by atoms with Crippen LogP contribution in [0.4, 0.5) is 10.5 Å². The predicted molar refractivity (Wildman–Crippen MR) is 110 cm³/mol. The van der Waals surface area contributed by atoms with Crippen molar-refractivity contribution in [2.45, 2.75) is 39.2 Å². The number of benzene rings is 1. The number of nitrogens with zero attached hydrogens (tertiary/aromatic N) is 3. The van der Waals surface area contributed by atoms with Crippen LogP contribution in [0.2, 0.25) is 0 Å². The van der Waals surface area contributed by atoms with Gasteiger partial charge in [0, 0.05) is 31.3 Å². The average molecular weight is 395 g/mol. The quantitative estimate of drug-likeness (QED) is 0.668. The summed E-state index contributed by atoms with van der Waals surface area (Å²) in [7, 11) is 0. The number of alkyl carbamates (subject to hydrolysis) is 1. The van der Waals surface area contributed by atoms with Gasteiger partial charge in [-0.15, -0.1) is 10.2 Å². The zero-order chi connectivity index (χ0) is 20.9. The monoisotopic (exact) mass is 395 g/mol. The number of carbonyl (C=O) groups excluding carboxylic acids is 2. The van der Waals surface area contributed by atoms with Crippen LogP contribution in [0, 0.1) is 0 Å². The number of hydrogen-bond donors (Lipinski definition) is 2. The van der Waals surface area contributed by atoms with E-state index in [4.69, 9.17) is 4.74 Å². The summed E-state index contributed by atoms with van der Waals surface area (Å²) >= 11 is 0. The van der Waals surface area contributed by atoms with Gasteiger partial charge < -0.3 is 15.4 Å². The van der Waals surface area contributed by atoms with Gasteiger partial charge in [-0.2, -0.15) is 0 Å². The first-order valence-electron chi connectivity index (χ1n) is 9.44. The minimum absolute atomic E-state index is 0.159. The summed E-state index contributed by atoms with van der Waals surface area (Å²) in [5.41, 5.74) is 2.01. The molecule has 2 amide bonds.